The molecule has 1 fully saturated rings. The minimum Gasteiger partial charge on any atom is -0.313 e. The summed E-state index contributed by atoms with van der Waals surface area (Å²) in [6.45, 7) is 3.26. The highest BCUT2D eigenvalue weighted by molar-refractivity contribution is 5.27. The van der Waals surface area contributed by atoms with Crippen LogP contribution >= 0.6 is 0 Å². The standard InChI is InChI=1S/C19H23N/c1-15-6-5-7-16(12-15)13-18(14-20-19-10-11-19)17-8-3-2-4-9-17/h2-9,12,18-20H,10-11,13-14H2,1H3. The molecule has 20 heavy (non-hydrogen) atoms. The highest BCUT2D eigenvalue weighted by Crippen LogP contribution is 2.24. The molecule has 0 aliphatic heterocycles. The van der Waals surface area contributed by atoms with Crippen molar-refractivity contribution < 1.29 is 0 Å². The van der Waals surface area contributed by atoms with E-state index in [-0.39, 0.29) is 0 Å². The molecule has 2 aromatic carbocycles. The Balaban J connectivity index is 1.73. The summed E-state index contributed by atoms with van der Waals surface area (Å²) >= 11 is 0. The largest absolute Gasteiger partial charge is 0.313 e. The second-order valence-corrected chi connectivity index (χ2v) is 5.98. The summed E-state index contributed by atoms with van der Waals surface area (Å²) < 4.78 is 0. The van der Waals surface area contributed by atoms with E-state index in [1.807, 2.05) is 0 Å². The van der Waals surface area contributed by atoms with Gasteiger partial charge >= 0.3 is 0 Å². The van der Waals surface area contributed by atoms with Gasteiger partial charge in [-0.1, -0.05) is 60.2 Å². The number of nitrogens with one attached hydrogen (secondary N) is 1. The zero-order valence-electron chi connectivity index (χ0n) is 12.2. The van der Waals surface area contributed by atoms with Gasteiger partial charge in [-0.15, -0.1) is 0 Å². The summed E-state index contributed by atoms with van der Waals surface area (Å²) in [5, 5.41) is 3.69. The smallest absolute Gasteiger partial charge is 0.00684 e. The normalized spacial score (nSPS) is 16.1. The van der Waals surface area contributed by atoms with Crippen LogP contribution in [0.5, 0.6) is 0 Å². The average molecular weight is 265 g/mol. The fraction of sp³-hybridized carbons (Fsp3) is 0.368. The van der Waals surface area contributed by atoms with Gasteiger partial charge in [0.05, 0.1) is 0 Å². The maximum atomic E-state index is 3.69. The van der Waals surface area contributed by atoms with Crippen LogP contribution in [0.3, 0.4) is 0 Å². The van der Waals surface area contributed by atoms with Gasteiger partial charge < -0.3 is 5.32 Å². The second-order valence-electron chi connectivity index (χ2n) is 5.98. The van der Waals surface area contributed by atoms with Crippen molar-refractivity contribution in [3.63, 3.8) is 0 Å². The zero-order valence-corrected chi connectivity index (χ0v) is 12.2. The molecule has 1 atom stereocenters. The molecule has 1 N–H and O–H groups in total. The Kier molecular flexibility index (Phi) is 4.17. The first-order valence-corrected chi connectivity index (χ1v) is 7.65. The average Bonchev–Trinajstić information content (AvgIpc) is 3.29. The summed E-state index contributed by atoms with van der Waals surface area (Å²) in [5.41, 5.74) is 4.24. The van der Waals surface area contributed by atoms with Crippen LogP contribution in [0, 0.1) is 6.92 Å². The lowest BCUT2D eigenvalue weighted by molar-refractivity contribution is 0.577. The molecule has 1 saturated carbocycles. The quantitative estimate of drug-likeness (QED) is 0.830. The minimum atomic E-state index is 0.568. The number of hydrogen-bond acceptors (Lipinski definition) is 1. The van der Waals surface area contributed by atoms with Crippen molar-refractivity contribution in [1.82, 2.24) is 5.32 Å². The molecule has 104 valence electrons. The van der Waals surface area contributed by atoms with Crippen molar-refractivity contribution in [2.45, 2.75) is 38.1 Å². The topological polar surface area (TPSA) is 12.0 Å². The van der Waals surface area contributed by atoms with Crippen molar-refractivity contribution in [1.29, 1.82) is 0 Å². The van der Waals surface area contributed by atoms with Crippen LogP contribution in [-0.2, 0) is 6.42 Å². The molecule has 1 nitrogen and oxygen atoms in total. The van der Waals surface area contributed by atoms with Crippen LogP contribution in [-0.4, -0.2) is 12.6 Å². The molecule has 0 amide bonds. The number of hydrogen-bond donors (Lipinski definition) is 1. The summed E-state index contributed by atoms with van der Waals surface area (Å²) in [6.07, 6.45) is 3.82. The minimum absolute atomic E-state index is 0.568. The van der Waals surface area contributed by atoms with Crippen molar-refractivity contribution in [3.8, 4) is 0 Å². The van der Waals surface area contributed by atoms with E-state index >= 15 is 0 Å². The predicted octanol–water partition coefficient (Wildman–Crippen LogP) is 4.07. The fourth-order valence-electron chi connectivity index (χ4n) is 2.75. The van der Waals surface area contributed by atoms with Gasteiger partial charge in [0, 0.05) is 18.5 Å². The van der Waals surface area contributed by atoms with Crippen LogP contribution in [0.2, 0.25) is 0 Å². The van der Waals surface area contributed by atoms with Gasteiger partial charge in [-0.3, -0.25) is 0 Å². The molecular weight excluding hydrogens is 242 g/mol. The van der Waals surface area contributed by atoms with Crippen LogP contribution in [0.1, 0.15) is 35.4 Å². The summed E-state index contributed by atoms with van der Waals surface area (Å²) in [6, 6.07) is 20.6. The van der Waals surface area contributed by atoms with E-state index in [4.69, 9.17) is 0 Å². The Morgan fingerprint density at radius 3 is 2.55 bits per heavy atom. The first kappa shape index (κ1) is 13.4. The Hall–Kier alpha value is -1.60. The van der Waals surface area contributed by atoms with E-state index in [1.165, 1.54) is 29.5 Å². The van der Waals surface area contributed by atoms with Gasteiger partial charge in [0.25, 0.3) is 0 Å². The van der Waals surface area contributed by atoms with Gasteiger partial charge in [-0.25, -0.2) is 0 Å². The van der Waals surface area contributed by atoms with Gasteiger partial charge in [0.1, 0.15) is 0 Å². The second kappa shape index (κ2) is 6.23. The lowest BCUT2D eigenvalue weighted by Crippen LogP contribution is -2.24. The number of aryl methyl sites for hydroxylation is 1. The highest BCUT2D eigenvalue weighted by Gasteiger charge is 2.22. The molecule has 0 saturated heterocycles. The van der Waals surface area contributed by atoms with Crippen molar-refractivity contribution in [3.05, 3.63) is 71.3 Å². The molecule has 2 aromatic rings. The summed E-state index contributed by atoms with van der Waals surface area (Å²) in [7, 11) is 0. The molecule has 1 unspecified atom stereocenters. The lowest BCUT2D eigenvalue weighted by atomic mass is 9.91. The Labute approximate surface area is 122 Å². The third-order valence-electron chi connectivity index (χ3n) is 4.07. The van der Waals surface area contributed by atoms with E-state index < -0.39 is 0 Å². The van der Waals surface area contributed by atoms with Gasteiger partial charge in [0.15, 0.2) is 0 Å². The van der Waals surface area contributed by atoms with Gasteiger partial charge in [0.2, 0.25) is 0 Å². The van der Waals surface area contributed by atoms with Crippen molar-refractivity contribution in [2.24, 2.45) is 0 Å². The van der Waals surface area contributed by atoms with Crippen molar-refractivity contribution in [2.75, 3.05) is 6.54 Å². The molecule has 1 aliphatic carbocycles. The fourth-order valence-corrected chi connectivity index (χ4v) is 2.75. The number of rotatable bonds is 6. The highest BCUT2D eigenvalue weighted by atomic mass is 14.9. The van der Waals surface area contributed by atoms with E-state index in [1.54, 1.807) is 0 Å². The van der Waals surface area contributed by atoms with E-state index in [2.05, 4.69) is 66.8 Å². The monoisotopic (exact) mass is 265 g/mol. The number of benzene rings is 2. The van der Waals surface area contributed by atoms with E-state index in [0.717, 1.165) is 19.0 Å². The van der Waals surface area contributed by atoms with E-state index in [0.29, 0.717) is 5.92 Å². The Morgan fingerprint density at radius 2 is 1.85 bits per heavy atom. The van der Waals surface area contributed by atoms with Crippen LogP contribution in [0.4, 0.5) is 0 Å². The lowest BCUT2D eigenvalue weighted by Gasteiger charge is -2.18. The third-order valence-corrected chi connectivity index (χ3v) is 4.07. The Morgan fingerprint density at radius 1 is 1.05 bits per heavy atom. The molecule has 1 heteroatoms. The van der Waals surface area contributed by atoms with Crippen LogP contribution < -0.4 is 5.32 Å². The third kappa shape index (κ3) is 3.71. The maximum Gasteiger partial charge on any atom is 0.00684 e. The van der Waals surface area contributed by atoms with Crippen LogP contribution in [0.15, 0.2) is 54.6 Å². The molecule has 0 heterocycles. The molecule has 3 rings (SSSR count). The molecule has 0 aromatic heterocycles. The molecule has 0 spiro atoms. The predicted molar refractivity (Wildman–Crippen MR) is 85.1 cm³/mol. The summed E-state index contributed by atoms with van der Waals surface area (Å²) in [4.78, 5) is 0. The maximum absolute atomic E-state index is 3.69. The zero-order chi connectivity index (χ0) is 13.8. The Bertz CT molecular complexity index is 543. The first-order chi connectivity index (χ1) is 9.81. The molecule has 0 bridgehead atoms. The molecule has 0 radical (unpaired) electrons. The molecular formula is C19H23N. The van der Waals surface area contributed by atoms with Crippen LogP contribution in [0.25, 0.3) is 0 Å². The SMILES string of the molecule is Cc1cccc(CC(CNC2CC2)c2ccccc2)c1. The van der Waals surface area contributed by atoms with Gasteiger partial charge in [-0.05, 0) is 37.3 Å². The van der Waals surface area contributed by atoms with Crippen molar-refractivity contribution >= 4 is 0 Å². The first-order valence-electron chi connectivity index (χ1n) is 7.65. The summed E-state index contributed by atoms with van der Waals surface area (Å²) in [5.74, 6) is 0.568. The van der Waals surface area contributed by atoms with E-state index in [9.17, 15) is 0 Å². The van der Waals surface area contributed by atoms with Gasteiger partial charge in [-0.2, -0.15) is 0 Å². The molecule has 1 aliphatic rings.